The van der Waals surface area contributed by atoms with E-state index in [2.05, 4.69) is 34.2 Å². The Morgan fingerprint density at radius 3 is 2.62 bits per heavy atom. The molecule has 1 atom stereocenters. The van der Waals surface area contributed by atoms with Gasteiger partial charge in [-0.15, -0.1) is 11.3 Å². The van der Waals surface area contributed by atoms with E-state index in [0.717, 1.165) is 22.6 Å². The number of halogens is 1. The van der Waals surface area contributed by atoms with Gasteiger partial charge in [-0.05, 0) is 41.1 Å². The highest BCUT2D eigenvalue weighted by molar-refractivity contribution is 7.10. The predicted molar refractivity (Wildman–Crippen MR) is 109 cm³/mol. The maximum Gasteiger partial charge on any atom is 0.233 e. The fourth-order valence-electron chi connectivity index (χ4n) is 2.78. The van der Waals surface area contributed by atoms with Crippen LogP contribution in [-0.2, 0) is 11.2 Å². The lowest BCUT2D eigenvalue weighted by Gasteiger charge is -2.18. The van der Waals surface area contributed by atoms with Gasteiger partial charge in [0.1, 0.15) is 0 Å². The number of nitrogens with one attached hydrogen (secondary N) is 2. The number of rotatable bonds is 8. The molecule has 134 valence electrons. The van der Waals surface area contributed by atoms with Crippen molar-refractivity contribution in [2.75, 3.05) is 13.1 Å². The van der Waals surface area contributed by atoms with Crippen molar-refractivity contribution in [3.05, 3.63) is 93.1 Å². The molecule has 0 radical (unpaired) electrons. The van der Waals surface area contributed by atoms with E-state index in [1.807, 2.05) is 48.5 Å². The third-order valence-electron chi connectivity index (χ3n) is 4.05. The van der Waals surface area contributed by atoms with Crippen LogP contribution in [0.2, 0.25) is 5.02 Å². The molecule has 0 saturated carbocycles. The van der Waals surface area contributed by atoms with Gasteiger partial charge in [0.05, 0.1) is 12.6 Å². The van der Waals surface area contributed by atoms with Gasteiger partial charge in [0.15, 0.2) is 0 Å². The molecule has 3 aromatic rings. The van der Waals surface area contributed by atoms with Crippen molar-refractivity contribution in [1.29, 1.82) is 0 Å². The van der Waals surface area contributed by atoms with Crippen molar-refractivity contribution >= 4 is 28.8 Å². The number of carbonyl (C=O) groups excluding carboxylic acids is 1. The van der Waals surface area contributed by atoms with Gasteiger partial charge in [0.25, 0.3) is 0 Å². The van der Waals surface area contributed by atoms with Crippen molar-refractivity contribution < 1.29 is 4.79 Å². The molecule has 1 heterocycles. The fraction of sp³-hybridized carbons (Fsp3) is 0.190. The number of amides is 1. The van der Waals surface area contributed by atoms with Crippen LogP contribution < -0.4 is 10.6 Å². The van der Waals surface area contributed by atoms with Crippen molar-refractivity contribution in [2.24, 2.45) is 0 Å². The summed E-state index contributed by atoms with van der Waals surface area (Å²) in [6, 6.07) is 22.0. The number of benzene rings is 2. The summed E-state index contributed by atoms with van der Waals surface area (Å²) in [7, 11) is 0. The summed E-state index contributed by atoms with van der Waals surface area (Å²) in [6.45, 7) is 0.864. The highest BCUT2D eigenvalue weighted by atomic mass is 35.5. The van der Waals surface area contributed by atoms with E-state index >= 15 is 0 Å². The largest absolute Gasteiger partial charge is 0.355 e. The Balaban J connectivity index is 1.51. The highest BCUT2D eigenvalue weighted by Gasteiger charge is 2.15. The lowest BCUT2D eigenvalue weighted by atomic mass is 10.1. The van der Waals surface area contributed by atoms with Gasteiger partial charge in [-0.25, -0.2) is 0 Å². The molecule has 0 spiro atoms. The van der Waals surface area contributed by atoms with Gasteiger partial charge in [-0.3, -0.25) is 10.1 Å². The molecular formula is C21H21ClN2OS. The van der Waals surface area contributed by atoms with Crippen molar-refractivity contribution in [3.8, 4) is 0 Å². The average Bonchev–Trinajstić information content (AvgIpc) is 3.17. The molecule has 0 fully saturated rings. The molecule has 0 aliphatic rings. The van der Waals surface area contributed by atoms with Crippen LogP contribution in [0.25, 0.3) is 0 Å². The summed E-state index contributed by atoms with van der Waals surface area (Å²) in [4.78, 5) is 13.4. The van der Waals surface area contributed by atoms with Gasteiger partial charge in [-0.2, -0.15) is 0 Å². The van der Waals surface area contributed by atoms with Crippen LogP contribution in [0.3, 0.4) is 0 Å². The normalized spacial score (nSPS) is 11.9. The molecule has 0 unspecified atom stereocenters. The standard InChI is InChI=1S/C21H21ClN2OS/c22-18-9-4-6-16(14-18)11-12-23-20(25)15-24-21(19-10-5-13-26-19)17-7-2-1-3-8-17/h1-10,13-14,21,24H,11-12,15H2,(H,23,25)/t21-/m0/s1. The summed E-state index contributed by atoms with van der Waals surface area (Å²) in [6.07, 6.45) is 0.763. The molecule has 3 rings (SSSR count). The van der Waals surface area contributed by atoms with E-state index in [1.54, 1.807) is 11.3 Å². The molecule has 0 saturated heterocycles. The lowest BCUT2D eigenvalue weighted by Crippen LogP contribution is -2.36. The van der Waals surface area contributed by atoms with Gasteiger partial charge < -0.3 is 5.32 Å². The first kappa shape index (κ1) is 18.6. The van der Waals surface area contributed by atoms with E-state index in [1.165, 1.54) is 4.88 Å². The van der Waals surface area contributed by atoms with E-state index in [9.17, 15) is 4.79 Å². The first-order valence-electron chi connectivity index (χ1n) is 8.55. The first-order valence-corrected chi connectivity index (χ1v) is 9.81. The second kappa shape index (κ2) is 9.53. The molecule has 2 aromatic carbocycles. The second-order valence-electron chi connectivity index (χ2n) is 5.97. The summed E-state index contributed by atoms with van der Waals surface area (Å²) >= 11 is 7.67. The molecule has 1 aromatic heterocycles. The smallest absolute Gasteiger partial charge is 0.233 e. The van der Waals surface area contributed by atoms with Crippen molar-refractivity contribution in [3.63, 3.8) is 0 Å². The first-order chi connectivity index (χ1) is 12.7. The van der Waals surface area contributed by atoms with Gasteiger partial charge >= 0.3 is 0 Å². The minimum atomic E-state index is -0.00971. The second-order valence-corrected chi connectivity index (χ2v) is 7.39. The molecule has 0 aliphatic heterocycles. The summed E-state index contributed by atoms with van der Waals surface area (Å²) in [5.74, 6) is -0.00971. The number of hydrogen-bond donors (Lipinski definition) is 2. The van der Waals surface area contributed by atoms with E-state index < -0.39 is 0 Å². The van der Waals surface area contributed by atoms with Crippen molar-refractivity contribution in [2.45, 2.75) is 12.5 Å². The number of carbonyl (C=O) groups is 1. The molecule has 0 aliphatic carbocycles. The third-order valence-corrected chi connectivity index (χ3v) is 5.22. The number of hydrogen-bond acceptors (Lipinski definition) is 3. The van der Waals surface area contributed by atoms with Crippen LogP contribution >= 0.6 is 22.9 Å². The summed E-state index contributed by atoms with van der Waals surface area (Å²) in [5, 5.41) is 9.11. The van der Waals surface area contributed by atoms with E-state index in [0.29, 0.717) is 6.54 Å². The number of thiophene rings is 1. The lowest BCUT2D eigenvalue weighted by molar-refractivity contribution is -0.120. The van der Waals surface area contributed by atoms with Crippen LogP contribution in [0.1, 0.15) is 22.0 Å². The van der Waals surface area contributed by atoms with Crippen LogP contribution in [0.15, 0.2) is 72.1 Å². The van der Waals surface area contributed by atoms with Gasteiger partial charge in [0.2, 0.25) is 5.91 Å². The van der Waals surface area contributed by atoms with E-state index in [4.69, 9.17) is 11.6 Å². The van der Waals surface area contributed by atoms with E-state index in [-0.39, 0.29) is 18.5 Å². The molecular weight excluding hydrogens is 364 g/mol. The monoisotopic (exact) mass is 384 g/mol. The summed E-state index contributed by atoms with van der Waals surface area (Å²) < 4.78 is 0. The van der Waals surface area contributed by atoms with Gasteiger partial charge in [0, 0.05) is 16.4 Å². The molecule has 5 heteroatoms. The molecule has 0 bridgehead atoms. The Bertz CT molecular complexity index is 821. The minimum absolute atomic E-state index is 0.00971. The molecule has 1 amide bonds. The SMILES string of the molecule is O=C(CN[C@@H](c1ccccc1)c1cccs1)NCCc1cccc(Cl)c1. The average molecular weight is 385 g/mol. The zero-order chi connectivity index (χ0) is 18.2. The predicted octanol–water partition coefficient (Wildman–Crippen LogP) is 4.44. The Morgan fingerprint density at radius 1 is 1.04 bits per heavy atom. The Kier molecular flexibility index (Phi) is 6.83. The third kappa shape index (κ3) is 5.43. The zero-order valence-electron chi connectivity index (χ0n) is 14.3. The van der Waals surface area contributed by atoms with Crippen LogP contribution in [0, 0.1) is 0 Å². The summed E-state index contributed by atoms with van der Waals surface area (Å²) in [5.41, 5.74) is 2.27. The van der Waals surface area contributed by atoms with Crippen LogP contribution in [0.4, 0.5) is 0 Å². The Hall–Kier alpha value is -2.14. The maximum absolute atomic E-state index is 12.2. The van der Waals surface area contributed by atoms with Crippen molar-refractivity contribution in [1.82, 2.24) is 10.6 Å². The molecule has 3 nitrogen and oxygen atoms in total. The quantitative estimate of drug-likeness (QED) is 0.602. The zero-order valence-corrected chi connectivity index (χ0v) is 15.9. The minimum Gasteiger partial charge on any atom is -0.355 e. The Labute approximate surface area is 163 Å². The van der Waals surface area contributed by atoms with Crippen LogP contribution in [0.5, 0.6) is 0 Å². The highest BCUT2D eigenvalue weighted by Crippen LogP contribution is 2.25. The molecule has 2 N–H and O–H groups in total. The Morgan fingerprint density at radius 2 is 1.88 bits per heavy atom. The fourth-order valence-corrected chi connectivity index (χ4v) is 3.82. The van der Waals surface area contributed by atoms with Crippen LogP contribution in [-0.4, -0.2) is 19.0 Å². The topological polar surface area (TPSA) is 41.1 Å². The molecule has 26 heavy (non-hydrogen) atoms. The maximum atomic E-state index is 12.2. The van der Waals surface area contributed by atoms with Gasteiger partial charge in [-0.1, -0.05) is 60.1 Å².